The number of nitrogens with zero attached hydrogens (tertiary/aromatic N) is 4. The van der Waals surface area contributed by atoms with Gasteiger partial charge in [0.1, 0.15) is 6.10 Å². The van der Waals surface area contributed by atoms with Crippen molar-refractivity contribution in [1.29, 1.82) is 0 Å². The summed E-state index contributed by atoms with van der Waals surface area (Å²) in [4.78, 5) is 14.6. The molecule has 1 saturated heterocycles. The maximum absolute atomic E-state index is 12.7. The van der Waals surface area contributed by atoms with Gasteiger partial charge in [-0.25, -0.2) is 0 Å². The van der Waals surface area contributed by atoms with Crippen LogP contribution in [0.15, 0.2) is 48.8 Å². The van der Waals surface area contributed by atoms with E-state index in [1.807, 2.05) is 30.3 Å². The molecule has 1 fully saturated rings. The normalized spacial score (nSPS) is 17.2. The Balaban J connectivity index is 1.42. The van der Waals surface area contributed by atoms with Crippen molar-refractivity contribution in [3.05, 3.63) is 54.4 Å². The first-order chi connectivity index (χ1) is 12.2. The first-order valence-corrected chi connectivity index (χ1v) is 8.46. The standard InChI is InChI=1S/C19H20N4O2/c1-22-12-14(16-5-2-3-6-17(16)22)11-19(24)23-10-8-15(13-23)25-18-7-4-9-20-21-18/h2-7,9,12,15H,8,10-11,13H2,1H3/t15-/m0/s1. The van der Waals surface area contributed by atoms with E-state index in [1.165, 1.54) is 0 Å². The van der Waals surface area contributed by atoms with Crippen molar-refractivity contribution in [3.8, 4) is 5.88 Å². The molecular formula is C19H20N4O2. The van der Waals surface area contributed by atoms with Crippen molar-refractivity contribution in [2.75, 3.05) is 13.1 Å². The zero-order valence-electron chi connectivity index (χ0n) is 14.1. The fraction of sp³-hybridized carbons (Fsp3) is 0.316. The van der Waals surface area contributed by atoms with E-state index in [4.69, 9.17) is 4.74 Å². The van der Waals surface area contributed by atoms with E-state index >= 15 is 0 Å². The fourth-order valence-electron chi connectivity index (χ4n) is 3.41. The van der Waals surface area contributed by atoms with Gasteiger partial charge in [0.05, 0.1) is 13.0 Å². The number of para-hydroxylation sites is 1. The zero-order chi connectivity index (χ0) is 17.2. The highest BCUT2D eigenvalue weighted by Crippen LogP contribution is 2.22. The Kier molecular flexibility index (Phi) is 4.09. The number of aromatic nitrogens is 3. The van der Waals surface area contributed by atoms with Crippen molar-refractivity contribution in [2.24, 2.45) is 7.05 Å². The third kappa shape index (κ3) is 3.20. The smallest absolute Gasteiger partial charge is 0.233 e. The van der Waals surface area contributed by atoms with Crippen LogP contribution < -0.4 is 4.74 Å². The first-order valence-electron chi connectivity index (χ1n) is 8.46. The van der Waals surface area contributed by atoms with E-state index in [-0.39, 0.29) is 12.0 Å². The van der Waals surface area contributed by atoms with Gasteiger partial charge in [-0.3, -0.25) is 4.79 Å². The van der Waals surface area contributed by atoms with Crippen LogP contribution in [-0.2, 0) is 18.3 Å². The second-order valence-corrected chi connectivity index (χ2v) is 6.39. The third-order valence-electron chi connectivity index (χ3n) is 4.65. The van der Waals surface area contributed by atoms with Gasteiger partial charge in [-0.1, -0.05) is 18.2 Å². The van der Waals surface area contributed by atoms with E-state index in [0.29, 0.717) is 25.4 Å². The predicted octanol–water partition coefficient (Wildman–Crippen LogP) is 2.19. The summed E-state index contributed by atoms with van der Waals surface area (Å²) in [5.41, 5.74) is 2.22. The average molecular weight is 336 g/mol. The zero-order valence-corrected chi connectivity index (χ0v) is 14.1. The lowest BCUT2D eigenvalue weighted by molar-refractivity contribution is -0.129. The molecule has 1 atom stereocenters. The summed E-state index contributed by atoms with van der Waals surface area (Å²) >= 11 is 0. The summed E-state index contributed by atoms with van der Waals surface area (Å²) < 4.78 is 7.88. The molecule has 0 unspecified atom stereocenters. The van der Waals surface area contributed by atoms with E-state index in [9.17, 15) is 4.79 Å². The van der Waals surface area contributed by atoms with E-state index < -0.39 is 0 Å². The predicted molar refractivity (Wildman–Crippen MR) is 94.3 cm³/mol. The number of ether oxygens (including phenoxy) is 1. The highest BCUT2D eigenvalue weighted by Gasteiger charge is 2.28. The molecule has 3 heterocycles. The van der Waals surface area contributed by atoms with Crippen LogP contribution in [0.1, 0.15) is 12.0 Å². The van der Waals surface area contributed by atoms with Gasteiger partial charge in [-0.15, -0.1) is 5.10 Å². The lowest BCUT2D eigenvalue weighted by Crippen LogP contribution is -2.32. The van der Waals surface area contributed by atoms with E-state index in [2.05, 4.69) is 26.9 Å². The number of likely N-dealkylation sites (tertiary alicyclic amines) is 1. The summed E-state index contributed by atoms with van der Waals surface area (Å²) in [7, 11) is 2.01. The van der Waals surface area contributed by atoms with Gasteiger partial charge in [0, 0.05) is 49.4 Å². The molecule has 6 nitrogen and oxygen atoms in total. The Morgan fingerprint density at radius 2 is 2.16 bits per heavy atom. The molecule has 0 aliphatic carbocycles. The largest absolute Gasteiger partial charge is 0.471 e. The van der Waals surface area contributed by atoms with Crippen molar-refractivity contribution < 1.29 is 9.53 Å². The number of carbonyl (C=O) groups excluding carboxylic acids is 1. The van der Waals surface area contributed by atoms with Gasteiger partial charge < -0.3 is 14.2 Å². The molecule has 1 aliphatic heterocycles. The lowest BCUT2D eigenvalue weighted by atomic mass is 10.1. The van der Waals surface area contributed by atoms with E-state index in [0.717, 1.165) is 22.9 Å². The van der Waals surface area contributed by atoms with Crippen LogP contribution >= 0.6 is 0 Å². The number of rotatable bonds is 4. The minimum atomic E-state index is -0.0202. The van der Waals surface area contributed by atoms with Gasteiger partial charge >= 0.3 is 0 Å². The molecule has 128 valence electrons. The highest BCUT2D eigenvalue weighted by molar-refractivity contribution is 5.89. The molecule has 1 aromatic carbocycles. The Labute approximate surface area is 146 Å². The Morgan fingerprint density at radius 1 is 1.28 bits per heavy atom. The van der Waals surface area contributed by atoms with Gasteiger partial charge in [-0.2, -0.15) is 5.10 Å². The summed E-state index contributed by atoms with van der Waals surface area (Å²) in [6.45, 7) is 1.31. The third-order valence-corrected chi connectivity index (χ3v) is 4.65. The minimum absolute atomic E-state index is 0.0202. The van der Waals surface area contributed by atoms with Crippen molar-refractivity contribution in [1.82, 2.24) is 19.7 Å². The van der Waals surface area contributed by atoms with Gasteiger partial charge in [0.2, 0.25) is 11.8 Å². The topological polar surface area (TPSA) is 60.2 Å². The molecule has 25 heavy (non-hydrogen) atoms. The van der Waals surface area contributed by atoms with Crippen LogP contribution in [-0.4, -0.2) is 44.8 Å². The van der Waals surface area contributed by atoms with Crippen LogP contribution in [0.3, 0.4) is 0 Å². The van der Waals surface area contributed by atoms with Gasteiger partial charge in [0.15, 0.2) is 0 Å². The van der Waals surface area contributed by atoms with Crippen LogP contribution in [0.2, 0.25) is 0 Å². The van der Waals surface area contributed by atoms with Crippen molar-refractivity contribution >= 4 is 16.8 Å². The Bertz CT molecular complexity index is 891. The number of fused-ring (bicyclic) bond motifs is 1. The molecule has 2 aromatic heterocycles. The monoisotopic (exact) mass is 336 g/mol. The Morgan fingerprint density at radius 3 is 3.00 bits per heavy atom. The summed E-state index contributed by atoms with van der Waals surface area (Å²) in [5, 5.41) is 8.89. The van der Waals surface area contributed by atoms with Gasteiger partial charge in [-0.05, 0) is 17.7 Å². The Hall–Kier alpha value is -2.89. The summed E-state index contributed by atoms with van der Waals surface area (Å²) in [5.74, 6) is 0.650. The van der Waals surface area contributed by atoms with E-state index in [1.54, 1.807) is 18.3 Å². The molecule has 4 rings (SSSR count). The molecule has 0 N–H and O–H groups in total. The molecular weight excluding hydrogens is 316 g/mol. The summed E-state index contributed by atoms with van der Waals surface area (Å²) in [6.07, 6.45) is 4.87. The van der Waals surface area contributed by atoms with Crippen LogP contribution in [0.5, 0.6) is 5.88 Å². The van der Waals surface area contributed by atoms with Crippen LogP contribution in [0.4, 0.5) is 0 Å². The summed E-state index contributed by atoms with van der Waals surface area (Å²) in [6, 6.07) is 11.7. The highest BCUT2D eigenvalue weighted by atomic mass is 16.5. The SMILES string of the molecule is Cn1cc(CC(=O)N2CC[C@H](Oc3cccnn3)C2)c2ccccc21. The number of carbonyl (C=O) groups is 1. The molecule has 0 radical (unpaired) electrons. The second-order valence-electron chi connectivity index (χ2n) is 6.39. The minimum Gasteiger partial charge on any atom is -0.471 e. The number of aryl methyl sites for hydroxylation is 1. The number of benzene rings is 1. The average Bonchev–Trinajstić information content (AvgIpc) is 3.22. The molecule has 1 aliphatic rings. The van der Waals surface area contributed by atoms with Crippen molar-refractivity contribution in [2.45, 2.75) is 18.9 Å². The van der Waals surface area contributed by atoms with Crippen molar-refractivity contribution in [3.63, 3.8) is 0 Å². The maximum atomic E-state index is 12.7. The fourth-order valence-corrected chi connectivity index (χ4v) is 3.41. The second kappa shape index (κ2) is 6.55. The molecule has 6 heteroatoms. The number of hydrogen-bond donors (Lipinski definition) is 0. The van der Waals surface area contributed by atoms with Crippen LogP contribution in [0.25, 0.3) is 10.9 Å². The molecule has 3 aromatic rings. The maximum Gasteiger partial charge on any atom is 0.233 e. The first kappa shape index (κ1) is 15.6. The number of hydrogen-bond acceptors (Lipinski definition) is 4. The molecule has 0 saturated carbocycles. The molecule has 0 bridgehead atoms. The molecule has 0 spiro atoms. The van der Waals surface area contributed by atoms with Crippen LogP contribution in [0, 0.1) is 0 Å². The van der Waals surface area contributed by atoms with Gasteiger partial charge in [0.25, 0.3) is 0 Å². The number of amides is 1. The lowest BCUT2D eigenvalue weighted by Gasteiger charge is -2.16. The quantitative estimate of drug-likeness (QED) is 0.733. The molecule has 1 amide bonds.